The van der Waals surface area contributed by atoms with Gasteiger partial charge in [-0.1, -0.05) is 30.0 Å². The van der Waals surface area contributed by atoms with Crippen LogP contribution in [-0.2, 0) is 11.3 Å². The Hall–Kier alpha value is -1.49. The summed E-state index contributed by atoms with van der Waals surface area (Å²) in [5.74, 6) is 0.884. The van der Waals surface area contributed by atoms with Crippen molar-refractivity contribution >= 4 is 23.1 Å². The Bertz CT molecular complexity index is 829. The molecule has 3 saturated heterocycles. The molecule has 3 fully saturated rings. The van der Waals surface area contributed by atoms with Gasteiger partial charge < -0.3 is 9.64 Å². The van der Waals surface area contributed by atoms with Crippen molar-refractivity contribution in [2.45, 2.75) is 61.8 Å². The number of piperidine rings is 3. The summed E-state index contributed by atoms with van der Waals surface area (Å²) in [6, 6.07) is 16.0. The fourth-order valence-electron chi connectivity index (χ4n) is 4.75. The van der Waals surface area contributed by atoms with E-state index in [2.05, 4.69) is 66.1 Å². The third kappa shape index (κ3) is 3.28. The lowest BCUT2D eigenvalue weighted by Crippen LogP contribution is -2.49. The number of fused-ring (bicyclic) bond motifs is 5. The summed E-state index contributed by atoms with van der Waals surface area (Å²) in [6.45, 7) is 7.68. The van der Waals surface area contributed by atoms with E-state index in [1.54, 1.807) is 0 Å². The van der Waals surface area contributed by atoms with E-state index in [1.807, 2.05) is 11.8 Å². The molecular formula is C23H28N2OS. The summed E-state index contributed by atoms with van der Waals surface area (Å²) < 4.78 is 6.34. The van der Waals surface area contributed by atoms with Gasteiger partial charge in [-0.15, -0.1) is 0 Å². The monoisotopic (exact) mass is 380 g/mol. The molecule has 6 rings (SSSR count). The zero-order valence-corrected chi connectivity index (χ0v) is 17.0. The van der Waals surface area contributed by atoms with Gasteiger partial charge in [-0.2, -0.15) is 0 Å². The summed E-state index contributed by atoms with van der Waals surface area (Å²) in [5, 5.41) is 0. The Morgan fingerprint density at radius 1 is 1.04 bits per heavy atom. The van der Waals surface area contributed by atoms with Gasteiger partial charge >= 0.3 is 0 Å². The summed E-state index contributed by atoms with van der Waals surface area (Å²) >= 11 is 1.88. The number of ether oxygens (including phenoxy) is 1. The van der Waals surface area contributed by atoms with Crippen molar-refractivity contribution in [3.63, 3.8) is 0 Å². The van der Waals surface area contributed by atoms with Gasteiger partial charge in [0.15, 0.2) is 0 Å². The molecule has 0 N–H and O–H groups in total. The van der Waals surface area contributed by atoms with Crippen LogP contribution in [0.25, 0.3) is 0 Å². The molecule has 0 aliphatic carbocycles. The van der Waals surface area contributed by atoms with E-state index in [1.165, 1.54) is 59.1 Å². The number of hydrogen-bond donors (Lipinski definition) is 0. The second-order valence-corrected chi connectivity index (χ2v) is 9.40. The van der Waals surface area contributed by atoms with Crippen molar-refractivity contribution in [1.82, 2.24) is 4.90 Å². The van der Waals surface area contributed by atoms with Gasteiger partial charge in [0.05, 0.1) is 18.0 Å². The molecule has 0 amide bonds. The normalized spacial score (nSPS) is 26.2. The summed E-state index contributed by atoms with van der Waals surface area (Å²) in [5.41, 5.74) is 3.92. The average molecular weight is 381 g/mol. The zero-order chi connectivity index (χ0) is 18.4. The van der Waals surface area contributed by atoms with E-state index in [9.17, 15) is 0 Å². The van der Waals surface area contributed by atoms with Crippen LogP contribution in [0.4, 0.5) is 11.4 Å². The molecule has 0 radical (unpaired) electrons. The molecule has 27 heavy (non-hydrogen) atoms. The number of anilines is 2. The summed E-state index contributed by atoms with van der Waals surface area (Å²) in [6.07, 6.45) is 4.27. The maximum atomic E-state index is 6.34. The highest BCUT2D eigenvalue weighted by Crippen LogP contribution is 2.49. The van der Waals surface area contributed by atoms with Crippen LogP contribution < -0.4 is 4.90 Å². The fourth-order valence-corrected chi connectivity index (χ4v) is 5.89. The molecule has 142 valence electrons. The molecule has 1 unspecified atom stereocenters. The maximum Gasteiger partial charge on any atom is 0.111 e. The first kappa shape index (κ1) is 17.6. The number of benzene rings is 2. The third-order valence-electron chi connectivity index (χ3n) is 6.18. The topological polar surface area (TPSA) is 15.7 Å². The molecule has 4 heterocycles. The SMILES string of the molecule is CC(C)N1c2ccccc2Sc2cc(COC3CC4CCN3CC4)ccc21. The minimum absolute atomic E-state index is 0.328. The van der Waals surface area contributed by atoms with E-state index in [0.717, 1.165) is 5.92 Å². The lowest BCUT2D eigenvalue weighted by atomic mass is 9.87. The molecule has 4 heteroatoms. The Morgan fingerprint density at radius 2 is 1.81 bits per heavy atom. The largest absolute Gasteiger partial charge is 0.358 e. The molecule has 0 aromatic heterocycles. The second-order valence-electron chi connectivity index (χ2n) is 8.32. The molecule has 2 aromatic rings. The van der Waals surface area contributed by atoms with Crippen LogP contribution in [0.5, 0.6) is 0 Å². The van der Waals surface area contributed by atoms with Gasteiger partial charge in [0.1, 0.15) is 6.23 Å². The first-order chi connectivity index (χ1) is 13.2. The van der Waals surface area contributed by atoms with Crippen molar-refractivity contribution in [2.24, 2.45) is 5.92 Å². The number of rotatable bonds is 4. The lowest BCUT2D eigenvalue weighted by molar-refractivity contribution is -0.126. The maximum absolute atomic E-state index is 6.34. The predicted octanol–water partition coefficient (Wildman–Crippen LogP) is 5.66. The fraction of sp³-hybridized carbons (Fsp3) is 0.478. The molecule has 3 nitrogen and oxygen atoms in total. The van der Waals surface area contributed by atoms with E-state index in [0.29, 0.717) is 18.9 Å². The first-order valence-corrected chi connectivity index (χ1v) is 11.1. The van der Waals surface area contributed by atoms with Crippen LogP contribution in [0.15, 0.2) is 52.3 Å². The van der Waals surface area contributed by atoms with Crippen LogP contribution in [-0.4, -0.2) is 30.3 Å². The number of para-hydroxylation sites is 1. The van der Waals surface area contributed by atoms with Crippen LogP contribution in [0, 0.1) is 5.92 Å². The highest BCUT2D eigenvalue weighted by atomic mass is 32.2. The van der Waals surface area contributed by atoms with Crippen molar-refractivity contribution in [3.05, 3.63) is 48.0 Å². The molecule has 1 atom stereocenters. The van der Waals surface area contributed by atoms with Crippen molar-refractivity contribution in [3.8, 4) is 0 Å². The minimum atomic E-state index is 0.328. The molecular weight excluding hydrogens is 352 g/mol. The van der Waals surface area contributed by atoms with Gasteiger partial charge in [0, 0.05) is 28.9 Å². The van der Waals surface area contributed by atoms with Gasteiger partial charge in [-0.3, -0.25) is 4.90 Å². The quantitative estimate of drug-likeness (QED) is 0.680. The summed E-state index contributed by atoms with van der Waals surface area (Å²) in [7, 11) is 0. The Kier molecular flexibility index (Phi) is 4.66. The lowest BCUT2D eigenvalue weighted by Gasteiger charge is -2.44. The van der Waals surface area contributed by atoms with E-state index < -0.39 is 0 Å². The van der Waals surface area contributed by atoms with Crippen LogP contribution in [0.2, 0.25) is 0 Å². The zero-order valence-electron chi connectivity index (χ0n) is 16.2. The van der Waals surface area contributed by atoms with E-state index in [4.69, 9.17) is 4.74 Å². The van der Waals surface area contributed by atoms with Crippen molar-refractivity contribution in [1.29, 1.82) is 0 Å². The van der Waals surface area contributed by atoms with Crippen molar-refractivity contribution < 1.29 is 4.74 Å². The van der Waals surface area contributed by atoms with E-state index in [-0.39, 0.29) is 0 Å². The first-order valence-electron chi connectivity index (χ1n) is 10.2. The average Bonchev–Trinajstić information content (AvgIpc) is 2.71. The minimum Gasteiger partial charge on any atom is -0.358 e. The molecule has 0 spiro atoms. The highest BCUT2D eigenvalue weighted by Gasteiger charge is 2.34. The predicted molar refractivity (Wildman–Crippen MR) is 112 cm³/mol. The van der Waals surface area contributed by atoms with Crippen molar-refractivity contribution in [2.75, 3.05) is 18.0 Å². The Labute approximate surface area is 166 Å². The number of nitrogens with zero attached hydrogens (tertiary/aromatic N) is 2. The second kappa shape index (κ2) is 7.16. The van der Waals surface area contributed by atoms with Gasteiger partial charge in [0.25, 0.3) is 0 Å². The van der Waals surface area contributed by atoms with Crippen LogP contribution >= 0.6 is 11.8 Å². The molecule has 2 aromatic carbocycles. The van der Waals surface area contributed by atoms with Gasteiger partial charge in [0.2, 0.25) is 0 Å². The smallest absolute Gasteiger partial charge is 0.111 e. The number of hydrogen-bond acceptors (Lipinski definition) is 4. The highest BCUT2D eigenvalue weighted by molar-refractivity contribution is 7.99. The Morgan fingerprint density at radius 3 is 2.56 bits per heavy atom. The van der Waals surface area contributed by atoms with Gasteiger partial charge in [-0.25, -0.2) is 0 Å². The molecule has 0 saturated carbocycles. The standard InChI is InChI=1S/C23H28N2OS/c1-16(2)25-19-5-3-4-6-21(19)27-22-13-18(7-8-20(22)25)15-26-23-14-17-9-11-24(23)12-10-17/h3-8,13,16-17,23H,9-12,14-15H2,1-2H3. The summed E-state index contributed by atoms with van der Waals surface area (Å²) in [4.78, 5) is 7.67. The Balaban J connectivity index is 1.36. The van der Waals surface area contributed by atoms with E-state index >= 15 is 0 Å². The molecule has 4 aliphatic heterocycles. The molecule has 4 aliphatic rings. The molecule has 2 bridgehead atoms. The third-order valence-corrected chi connectivity index (χ3v) is 7.29. The van der Waals surface area contributed by atoms with Gasteiger partial charge in [-0.05, 0) is 68.9 Å². The van der Waals surface area contributed by atoms with Crippen LogP contribution in [0.3, 0.4) is 0 Å². The van der Waals surface area contributed by atoms with Crippen LogP contribution in [0.1, 0.15) is 38.7 Å².